The minimum Gasteiger partial charge on any atom is -0.432 e. The maximum Gasteiger partial charge on any atom is 0.182 e. The van der Waals surface area contributed by atoms with Crippen molar-refractivity contribution in [3.63, 3.8) is 0 Å². The van der Waals surface area contributed by atoms with E-state index in [-0.39, 0.29) is 26.4 Å². The van der Waals surface area contributed by atoms with Gasteiger partial charge in [0.2, 0.25) is 0 Å². The molecular formula is C10H24O5Si. The Kier molecular flexibility index (Phi) is 7.37. The van der Waals surface area contributed by atoms with Gasteiger partial charge in [0, 0.05) is 6.61 Å². The van der Waals surface area contributed by atoms with Gasteiger partial charge in [0.15, 0.2) is 8.32 Å². The van der Waals surface area contributed by atoms with Crippen molar-refractivity contribution < 1.29 is 24.9 Å². The summed E-state index contributed by atoms with van der Waals surface area (Å²) in [4.78, 5) is 9.58. The lowest BCUT2D eigenvalue weighted by Gasteiger charge is -2.27. The molecule has 0 saturated heterocycles. The number of aliphatic hydroxyl groups is 3. The van der Waals surface area contributed by atoms with Crippen molar-refractivity contribution in [1.82, 2.24) is 0 Å². The zero-order chi connectivity index (χ0) is 12.7. The molecule has 0 aliphatic heterocycles. The highest BCUT2D eigenvalue weighted by molar-refractivity contribution is 6.69. The molecule has 0 aromatic heterocycles. The van der Waals surface area contributed by atoms with Crippen molar-refractivity contribution in [2.24, 2.45) is 5.41 Å². The Hall–Kier alpha value is 0.0169. The van der Waals surface area contributed by atoms with E-state index in [1.807, 2.05) is 13.1 Å². The molecule has 16 heavy (non-hydrogen) atoms. The average molecular weight is 252 g/mol. The van der Waals surface area contributed by atoms with Crippen LogP contribution in [0.2, 0.25) is 19.1 Å². The van der Waals surface area contributed by atoms with E-state index in [4.69, 9.17) is 20.1 Å². The van der Waals surface area contributed by atoms with E-state index in [0.29, 0.717) is 6.61 Å². The molecule has 0 atom stereocenters. The van der Waals surface area contributed by atoms with Gasteiger partial charge in [0.05, 0.1) is 31.8 Å². The first kappa shape index (κ1) is 16.0. The van der Waals surface area contributed by atoms with Gasteiger partial charge in [-0.2, -0.15) is 0 Å². The molecule has 98 valence electrons. The van der Waals surface area contributed by atoms with E-state index in [2.05, 4.69) is 0 Å². The topological polar surface area (TPSA) is 90.2 Å². The van der Waals surface area contributed by atoms with Crippen LogP contribution >= 0.6 is 0 Å². The molecule has 0 aromatic rings. The van der Waals surface area contributed by atoms with Gasteiger partial charge in [0.25, 0.3) is 0 Å². The smallest absolute Gasteiger partial charge is 0.182 e. The van der Waals surface area contributed by atoms with Crippen LogP contribution in [0.25, 0.3) is 0 Å². The third kappa shape index (κ3) is 6.57. The van der Waals surface area contributed by atoms with Gasteiger partial charge in [-0.1, -0.05) is 0 Å². The third-order valence-corrected chi connectivity index (χ3v) is 4.07. The quantitative estimate of drug-likeness (QED) is 0.330. The Labute approximate surface area is 97.8 Å². The van der Waals surface area contributed by atoms with Gasteiger partial charge in [-0.05, 0) is 25.6 Å². The maximum atomic E-state index is 9.58. The monoisotopic (exact) mass is 252 g/mol. The first-order valence-electron chi connectivity index (χ1n) is 5.52. The molecule has 0 heterocycles. The van der Waals surface area contributed by atoms with Crippen molar-refractivity contribution in [3.05, 3.63) is 0 Å². The first-order valence-corrected chi connectivity index (χ1v) is 8.67. The molecule has 0 aliphatic carbocycles. The van der Waals surface area contributed by atoms with E-state index < -0.39 is 13.7 Å². The highest BCUT2D eigenvalue weighted by atomic mass is 28.4. The molecule has 0 amide bonds. The molecule has 0 unspecified atom stereocenters. The van der Waals surface area contributed by atoms with Crippen molar-refractivity contribution in [2.45, 2.75) is 25.6 Å². The zero-order valence-electron chi connectivity index (χ0n) is 10.1. The number of aliphatic hydroxyl groups excluding tert-OH is 3. The van der Waals surface area contributed by atoms with Crippen LogP contribution in [-0.2, 0) is 4.74 Å². The molecule has 4 N–H and O–H groups in total. The second kappa shape index (κ2) is 7.36. The molecule has 0 aliphatic rings. The summed E-state index contributed by atoms with van der Waals surface area (Å²) >= 11 is 0. The maximum absolute atomic E-state index is 9.58. The first-order chi connectivity index (χ1) is 7.39. The fourth-order valence-electron chi connectivity index (χ4n) is 1.18. The van der Waals surface area contributed by atoms with E-state index in [1.54, 1.807) is 0 Å². The highest BCUT2D eigenvalue weighted by Gasteiger charge is 2.28. The molecule has 0 rings (SSSR count). The fourth-order valence-corrected chi connectivity index (χ4v) is 2.19. The Morgan fingerprint density at radius 2 is 1.56 bits per heavy atom. The van der Waals surface area contributed by atoms with Crippen LogP contribution in [0.1, 0.15) is 6.42 Å². The third-order valence-electron chi connectivity index (χ3n) is 2.49. The second-order valence-corrected chi connectivity index (χ2v) is 9.07. The minimum atomic E-state index is -2.01. The molecule has 0 bridgehead atoms. The molecule has 0 saturated carbocycles. The van der Waals surface area contributed by atoms with Gasteiger partial charge in [-0.25, -0.2) is 0 Å². The largest absolute Gasteiger partial charge is 0.432 e. The van der Waals surface area contributed by atoms with Crippen molar-refractivity contribution >= 4 is 8.32 Å². The lowest BCUT2D eigenvalue weighted by atomic mass is 9.93. The van der Waals surface area contributed by atoms with Crippen LogP contribution in [0.3, 0.4) is 0 Å². The van der Waals surface area contributed by atoms with Gasteiger partial charge in [-0.3, -0.25) is 0 Å². The molecular weight excluding hydrogens is 228 g/mol. The van der Waals surface area contributed by atoms with Crippen LogP contribution in [0.5, 0.6) is 0 Å². The van der Waals surface area contributed by atoms with Gasteiger partial charge in [-0.15, -0.1) is 0 Å². The summed E-state index contributed by atoms with van der Waals surface area (Å²) in [7, 11) is -2.01. The van der Waals surface area contributed by atoms with Crippen molar-refractivity contribution in [1.29, 1.82) is 0 Å². The van der Waals surface area contributed by atoms with Crippen LogP contribution in [-0.4, -0.2) is 61.5 Å². The molecule has 0 radical (unpaired) electrons. The van der Waals surface area contributed by atoms with Crippen LogP contribution in [0.4, 0.5) is 0 Å². The number of hydrogen-bond donors (Lipinski definition) is 4. The Bertz CT molecular complexity index is 168. The SMILES string of the molecule is C[Si](C)(O)CCCOCC(CO)(CO)CO. The molecule has 0 aromatic carbocycles. The van der Waals surface area contributed by atoms with Crippen LogP contribution in [0.15, 0.2) is 0 Å². The number of hydrogen-bond acceptors (Lipinski definition) is 5. The fraction of sp³-hybridized carbons (Fsp3) is 1.00. The predicted molar refractivity (Wildman–Crippen MR) is 63.6 cm³/mol. The van der Waals surface area contributed by atoms with Crippen LogP contribution in [0, 0.1) is 5.41 Å². The lowest BCUT2D eigenvalue weighted by Crippen LogP contribution is -2.38. The summed E-state index contributed by atoms with van der Waals surface area (Å²) < 4.78 is 5.30. The van der Waals surface area contributed by atoms with E-state index in [1.165, 1.54) is 0 Å². The van der Waals surface area contributed by atoms with Gasteiger partial charge < -0.3 is 24.9 Å². The Balaban J connectivity index is 3.71. The lowest BCUT2D eigenvalue weighted by molar-refractivity contribution is -0.0576. The summed E-state index contributed by atoms with van der Waals surface area (Å²) in [5.41, 5.74) is -0.952. The summed E-state index contributed by atoms with van der Waals surface area (Å²) in [5, 5.41) is 27.1. The minimum absolute atomic E-state index is 0.129. The van der Waals surface area contributed by atoms with Gasteiger partial charge >= 0.3 is 0 Å². The number of rotatable bonds is 9. The molecule has 0 fully saturated rings. The summed E-state index contributed by atoms with van der Waals surface area (Å²) in [6, 6.07) is 0.761. The predicted octanol–water partition coefficient (Wildman–Crippen LogP) is -0.446. The molecule has 5 nitrogen and oxygen atoms in total. The van der Waals surface area contributed by atoms with Gasteiger partial charge in [0.1, 0.15) is 0 Å². The molecule has 0 spiro atoms. The van der Waals surface area contributed by atoms with Crippen molar-refractivity contribution in [2.75, 3.05) is 33.0 Å². The van der Waals surface area contributed by atoms with E-state index in [9.17, 15) is 4.80 Å². The van der Waals surface area contributed by atoms with Crippen molar-refractivity contribution in [3.8, 4) is 0 Å². The summed E-state index contributed by atoms with van der Waals surface area (Å²) in [6.45, 7) is 3.42. The highest BCUT2D eigenvalue weighted by Crippen LogP contribution is 2.15. The standard InChI is InChI=1S/C10H24O5Si/c1-16(2,14)5-3-4-15-9-10(6-11,7-12)8-13/h11-14H,3-9H2,1-2H3. The van der Waals surface area contributed by atoms with Crippen LogP contribution < -0.4 is 0 Å². The summed E-state index contributed by atoms with van der Waals surface area (Å²) in [5.74, 6) is 0. The average Bonchev–Trinajstić information content (AvgIpc) is 2.23. The van der Waals surface area contributed by atoms with E-state index in [0.717, 1.165) is 12.5 Å². The molecule has 6 heteroatoms. The van der Waals surface area contributed by atoms with E-state index >= 15 is 0 Å². The second-order valence-electron chi connectivity index (χ2n) is 4.94. The normalized spacial score (nSPS) is 13.1. The Morgan fingerprint density at radius 3 is 1.94 bits per heavy atom. The number of ether oxygens (including phenoxy) is 1. The zero-order valence-corrected chi connectivity index (χ0v) is 11.1. The summed E-state index contributed by atoms with van der Waals surface area (Å²) in [6.07, 6.45) is 0.758. The Morgan fingerprint density at radius 1 is 1.06 bits per heavy atom.